The van der Waals surface area contributed by atoms with Crippen molar-refractivity contribution in [1.82, 2.24) is 15.2 Å². The molecule has 3 nitrogen and oxygen atoms in total. The van der Waals surface area contributed by atoms with Gasteiger partial charge in [-0.25, -0.2) is 4.98 Å². The lowest BCUT2D eigenvalue weighted by atomic mass is 10.1. The normalized spacial score (nSPS) is 10.7. The van der Waals surface area contributed by atoms with Gasteiger partial charge >= 0.3 is 0 Å². The van der Waals surface area contributed by atoms with Gasteiger partial charge in [0.1, 0.15) is 0 Å². The summed E-state index contributed by atoms with van der Waals surface area (Å²) < 4.78 is 0. The number of nitrogens with zero attached hydrogens (tertiary/aromatic N) is 2. The van der Waals surface area contributed by atoms with Crippen LogP contribution in [0.5, 0.6) is 0 Å². The first-order valence-corrected chi connectivity index (χ1v) is 4.72. The van der Waals surface area contributed by atoms with Gasteiger partial charge < -0.3 is 0 Å². The van der Waals surface area contributed by atoms with Crippen LogP contribution >= 0.6 is 0 Å². The lowest BCUT2D eigenvalue weighted by Gasteiger charge is -2.00. The second-order valence-corrected chi connectivity index (χ2v) is 3.40. The minimum Gasteiger partial charge on any atom is -0.275 e. The highest BCUT2D eigenvalue weighted by Gasteiger charge is 2.09. The molecule has 0 spiro atoms. The van der Waals surface area contributed by atoms with E-state index in [-0.39, 0.29) is 0 Å². The molecule has 0 atom stereocenters. The summed E-state index contributed by atoms with van der Waals surface area (Å²) in [6.45, 7) is 8.02. The topological polar surface area (TPSA) is 41.6 Å². The Morgan fingerprint density at radius 3 is 3.00 bits per heavy atom. The molecule has 0 aromatic carbocycles. The standard InChI is InChI=1S/C11H13N3/c1-4-8-5-6-12-11-9(8)10(7(2)3)13-14-11/h5-6H,2,4H2,1,3H3,(H,12,13,14). The number of hydrogen-bond acceptors (Lipinski definition) is 2. The predicted octanol–water partition coefficient (Wildman–Crippen LogP) is 2.55. The van der Waals surface area contributed by atoms with Crippen LogP contribution in [0.2, 0.25) is 0 Å². The second kappa shape index (κ2) is 3.25. The van der Waals surface area contributed by atoms with Gasteiger partial charge in [0, 0.05) is 11.6 Å². The number of aryl methyl sites for hydroxylation is 1. The van der Waals surface area contributed by atoms with Crippen molar-refractivity contribution in [1.29, 1.82) is 0 Å². The molecular formula is C11H13N3. The Morgan fingerprint density at radius 1 is 1.57 bits per heavy atom. The molecule has 14 heavy (non-hydrogen) atoms. The summed E-state index contributed by atoms with van der Waals surface area (Å²) in [4.78, 5) is 4.21. The molecule has 0 aliphatic heterocycles. The van der Waals surface area contributed by atoms with Crippen LogP contribution in [0.3, 0.4) is 0 Å². The van der Waals surface area contributed by atoms with Gasteiger partial charge in [0.15, 0.2) is 5.65 Å². The van der Waals surface area contributed by atoms with E-state index < -0.39 is 0 Å². The van der Waals surface area contributed by atoms with E-state index in [2.05, 4.69) is 28.7 Å². The van der Waals surface area contributed by atoms with E-state index in [0.29, 0.717) is 0 Å². The summed E-state index contributed by atoms with van der Waals surface area (Å²) in [5.41, 5.74) is 4.05. The first-order chi connectivity index (χ1) is 6.74. The Bertz CT molecular complexity index is 482. The zero-order valence-corrected chi connectivity index (χ0v) is 8.46. The molecule has 0 fully saturated rings. The molecule has 2 aromatic rings. The maximum atomic E-state index is 4.21. The monoisotopic (exact) mass is 187 g/mol. The molecule has 72 valence electrons. The summed E-state index contributed by atoms with van der Waals surface area (Å²) in [6, 6.07) is 2.03. The lowest BCUT2D eigenvalue weighted by Crippen LogP contribution is -1.86. The Morgan fingerprint density at radius 2 is 2.36 bits per heavy atom. The van der Waals surface area contributed by atoms with Crippen molar-refractivity contribution in [3.8, 4) is 0 Å². The number of nitrogens with one attached hydrogen (secondary N) is 1. The van der Waals surface area contributed by atoms with Crippen molar-refractivity contribution >= 4 is 16.6 Å². The Kier molecular flexibility index (Phi) is 2.08. The second-order valence-electron chi connectivity index (χ2n) is 3.40. The van der Waals surface area contributed by atoms with Gasteiger partial charge in [0.05, 0.1) is 5.69 Å². The summed E-state index contributed by atoms with van der Waals surface area (Å²) in [7, 11) is 0. The van der Waals surface area contributed by atoms with E-state index in [1.54, 1.807) is 6.20 Å². The first-order valence-electron chi connectivity index (χ1n) is 4.72. The fourth-order valence-electron chi connectivity index (χ4n) is 1.61. The number of hydrogen-bond donors (Lipinski definition) is 1. The van der Waals surface area contributed by atoms with Crippen LogP contribution in [0.4, 0.5) is 0 Å². The van der Waals surface area contributed by atoms with Crippen LogP contribution in [0.15, 0.2) is 18.8 Å². The number of rotatable bonds is 2. The quantitative estimate of drug-likeness (QED) is 0.785. The third-order valence-corrected chi connectivity index (χ3v) is 2.35. The molecular weight excluding hydrogens is 174 g/mol. The molecule has 0 amide bonds. The van der Waals surface area contributed by atoms with Crippen molar-refractivity contribution in [2.45, 2.75) is 20.3 Å². The third kappa shape index (κ3) is 1.21. The van der Waals surface area contributed by atoms with Crippen molar-refractivity contribution in [3.63, 3.8) is 0 Å². The van der Waals surface area contributed by atoms with Crippen LogP contribution in [-0.2, 0) is 6.42 Å². The van der Waals surface area contributed by atoms with Gasteiger partial charge in [0.25, 0.3) is 0 Å². The summed E-state index contributed by atoms with van der Waals surface area (Å²) in [6.07, 6.45) is 2.78. The third-order valence-electron chi connectivity index (χ3n) is 2.35. The number of fused-ring (bicyclic) bond motifs is 1. The van der Waals surface area contributed by atoms with Crippen molar-refractivity contribution in [3.05, 3.63) is 30.1 Å². The SMILES string of the molecule is C=C(C)c1[nH]nc2nccc(CC)c12. The lowest BCUT2D eigenvalue weighted by molar-refractivity contribution is 1.08. The van der Waals surface area contributed by atoms with E-state index in [1.807, 2.05) is 13.0 Å². The van der Waals surface area contributed by atoms with Crippen molar-refractivity contribution < 1.29 is 0 Å². The Balaban J connectivity index is 2.81. The molecule has 0 radical (unpaired) electrons. The Hall–Kier alpha value is -1.64. The zero-order chi connectivity index (χ0) is 10.1. The summed E-state index contributed by atoms with van der Waals surface area (Å²) in [5.74, 6) is 0. The molecule has 0 aliphatic rings. The maximum absolute atomic E-state index is 4.21. The van der Waals surface area contributed by atoms with Crippen LogP contribution in [0.1, 0.15) is 25.1 Å². The number of aromatic nitrogens is 3. The molecule has 0 saturated carbocycles. The fraction of sp³-hybridized carbons (Fsp3) is 0.273. The number of aromatic amines is 1. The zero-order valence-electron chi connectivity index (χ0n) is 8.46. The molecule has 0 bridgehead atoms. The van der Waals surface area contributed by atoms with E-state index >= 15 is 0 Å². The van der Waals surface area contributed by atoms with E-state index in [9.17, 15) is 0 Å². The van der Waals surface area contributed by atoms with Crippen molar-refractivity contribution in [2.24, 2.45) is 0 Å². The van der Waals surface area contributed by atoms with Gasteiger partial charge in [-0.1, -0.05) is 13.5 Å². The fourth-order valence-corrected chi connectivity index (χ4v) is 1.61. The largest absolute Gasteiger partial charge is 0.275 e. The molecule has 0 saturated heterocycles. The van der Waals surface area contributed by atoms with Crippen LogP contribution in [-0.4, -0.2) is 15.2 Å². The number of pyridine rings is 1. The highest BCUT2D eigenvalue weighted by Crippen LogP contribution is 2.23. The molecule has 1 N–H and O–H groups in total. The van der Waals surface area contributed by atoms with Crippen LogP contribution in [0, 0.1) is 0 Å². The average molecular weight is 187 g/mol. The highest BCUT2D eigenvalue weighted by molar-refractivity contribution is 5.89. The predicted molar refractivity (Wildman–Crippen MR) is 58.0 cm³/mol. The number of allylic oxidation sites excluding steroid dienone is 1. The molecule has 3 heteroatoms. The van der Waals surface area contributed by atoms with Crippen molar-refractivity contribution in [2.75, 3.05) is 0 Å². The van der Waals surface area contributed by atoms with Gasteiger partial charge in [-0.3, -0.25) is 5.10 Å². The molecule has 2 rings (SSSR count). The minimum absolute atomic E-state index is 0.780. The van der Waals surface area contributed by atoms with E-state index in [4.69, 9.17) is 0 Å². The minimum atomic E-state index is 0.780. The highest BCUT2D eigenvalue weighted by atomic mass is 15.1. The maximum Gasteiger partial charge on any atom is 0.181 e. The average Bonchev–Trinajstić information content (AvgIpc) is 2.60. The smallest absolute Gasteiger partial charge is 0.181 e. The van der Waals surface area contributed by atoms with Crippen LogP contribution < -0.4 is 0 Å². The van der Waals surface area contributed by atoms with Gasteiger partial charge in [0.2, 0.25) is 0 Å². The molecule has 0 aliphatic carbocycles. The van der Waals surface area contributed by atoms with Gasteiger partial charge in [-0.15, -0.1) is 0 Å². The van der Waals surface area contributed by atoms with Crippen LogP contribution in [0.25, 0.3) is 16.6 Å². The number of H-pyrrole nitrogens is 1. The molecule has 2 heterocycles. The van der Waals surface area contributed by atoms with E-state index in [0.717, 1.165) is 28.7 Å². The first kappa shape index (κ1) is 8.94. The van der Waals surface area contributed by atoms with E-state index in [1.165, 1.54) is 5.56 Å². The summed E-state index contributed by atoms with van der Waals surface area (Å²) >= 11 is 0. The Labute approximate surface area is 82.9 Å². The summed E-state index contributed by atoms with van der Waals surface area (Å²) in [5, 5.41) is 8.24. The molecule has 0 unspecified atom stereocenters. The van der Waals surface area contributed by atoms with Gasteiger partial charge in [-0.05, 0) is 30.5 Å². The van der Waals surface area contributed by atoms with Gasteiger partial charge in [-0.2, -0.15) is 5.10 Å². The molecule has 2 aromatic heterocycles.